The normalized spacial score (nSPS) is 12.1. The van der Waals surface area contributed by atoms with E-state index in [-0.39, 0.29) is 5.75 Å². The molecule has 0 aliphatic rings. The number of halogens is 3. The Labute approximate surface area is 183 Å². The molecular formula is C22H16Cl3N3O. The van der Waals surface area contributed by atoms with Gasteiger partial charge in [-0.1, -0.05) is 59.1 Å². The van der Waals surface area contributed by atoms with E-state index in [9.17, 15) is 5.11 Å². The Morgan fingerprint density at radius 2 is 1.76 bits per heavy atom. The molecule has 0 spiro atoms. The summed E-state index contributed by atoms with van der Waals surface area (Å²) in [6.07, 6.45) is 3.24. The van der Waals surface area contributed by atoms with Crippen LogP contribution in [0.25, 0.3) is 10.9 Å². The van der Waals surface area contributed by atoms with Crippen LogP contribution in [-0.2, 0) is 0 Å². The Bertz CT molecular complexity index is 1210. The third-order valence-electron chi connectivity index (χ3n) is 4.71. The van der Waals surface area contributed by atoms with Crippen molar-refractivity contribution in [2.45, 2.75) is 13.0 Å². The zero-order valence-electron chi connectivity index (χ0n) is 15.3. The van der Waals surface area contributed by atoms with E-state index in [0.29, 0.717) is 32.0 Å². The van der Waals surface area contributed by atoms with Gasteiger partial charge in [0.25, 0.3) is 0 Å². The molecule has 0 saturated carbocycles. The second-order valence-corrected chi connectivity index (χ2v) is 7.87. The van der Waals surface area contributed by atoms with Crippen LogP contribution < -0.4 is 5.32 Å². The predicted molar refractivity (Wildman–Crippen MR) is 119 cm³/mol. The molecule has 0 amide bonds. The molecule has 0 radical (unpaired) electrons. The molecule has 2 N–H and O–H groups in total. The second kappa shape index (κ2) is 8.07. The average molecular weight is 445 g/mol. The number of nitrogens with one attached hydrogen (secondary N) is 1. The summed E-state index contributed by atoms with van der Waals surface area (Å²) in [5.41, 5.74) is 2.88. The van der Waals surface area contributed by atoms with Gasteiger partial charge < -0.3 is 10.4 Å². The highest BCUT2D eigenvalue weighted by Crippen LogP contribution is 2.38. The number of aromatic nitrogens is 2. The number of nitrogens with zero attached hydrogens (tertiary/aromatic N) is 2. The van der Waals surface area contributed by atoms with Gasteiger partial charge in [-0.3, -0.25) is 4.98 Å². The molecular weight excluding hydrogens is 429 g/mol. The highest BCUT2D eigenvalue weighted by molar-refractivity contribution is 6.42. The number of benzene rings is 2. The Kier molecular flexibility index (Phi) is 5.50. The number of pyridine rings is 2. The first-order valence-electron chi connectivity index (χ1n) is 8.84. The van der Waals surface area contributed by atoms with Crippen LogP contribution in [0.15, 0.2) is 60.9 Å². The van der Waals surface area contributed by atoms with Gasteiger partial charge in [-0.15, -0.1) is 0 Å². The minimum Gasteiger partial charge on any atom is -0.505 e. The van der Waals surface area contributed by atoms with E-state index < -0.39 is 6.04 Å². The van der Waals surface area contributed by atoms with Gasteiger partial charge in [0.2, 0.25) is 0 Å². The van der Waals surface area contributed by atoms with Gasteiger partial charge in [0.05, 0.1) is 21.1 Å². The molecule has 1 unspecified atom stereocenters. The zero-order chi connectivity index (χ0) is 20.5. The standard InChI is InChI=1S/C22H16Cl3N3O/c1-12-9-19(27-11-18(12)25)28-20(14-5-7-16(23)17(24)10-14)15-6-4-13-3-2-8-26-21(13)22(15)29/h2-11,20,29H,1H3,(H,27,28). The summed E-state index contributed by atoms with van der Waals surface area (Å²) in [6, 6.07) is 14.3. The van der Waals surface area contributed by atoms with E-state index in [1.165, 1.54) is 0 Å². The molecule has 4 rings (SSSR count). The summed E-state index contributed by atoms with van der Waals surface area (Å²) in [5.74, 6) is 0.709. The van der Waals surface area contributed by atoms with Crippen molar-refractivity contribution in [3.63, 3.8) is 0 Å². The number of phenols is 1. The quantitative estimate of drug-likeness (QED) is 0.363. The molecule has 0 fully saturated rings. The Balaban J connectivity index is 1.86. The van der Waals surface area contributed by atoms with Crippen molar-refractivity contribution in [2.75, 3.05) is 5.32 Å². The number of phenolic OH excluding ortho intramolecular Hbond substituents is 1. The SMILES string of the molecule is Cc1cc(NC(c2ccc(Cl)c(Cl)c2)c2ccc3cccnc3c2O)ncc1Cl. The second-order valence-electron chi connectivity index (χ2n) is 6.65. The number of anilines is 1. The third-order valence-corrected chi connectivity index (χ3v) is 5.84. The minimum absolute atomic E-state index is 0.0948. The number of hydrogen-bond donors (Lipinski definition) is 2. The van der Waals surface area contributed by atoms with Crippen molar-refractivity contribution in [3.8, 4) is 5.75 Å². The van der Waals surface area contributed by atoms with Crippen molar-refractivity contribution in [2.24, 2.45) is 0 Å². The summed E-state index contributed by atoms with van der Waals surface area (Å²) in [4.78, 5) is 8.69. The molecule has 29 heavy (non-hydrogen) atoms. The van der Waals surface area contributed by atoms with Crippen molar-refractivity contribution in [1.82, 2.24) is 9.97 Å². The molecule has 0 aliphatic heterocycles. The van der Waals surface area contributed by atoms with E-state index in [4.69, 9.17) is 34.8 Å². The van der Waals surface area contributed by atoms with E-state index in [2.05, 4.69) is 15.3 Å². The predicted octanol–water partition coefficient (Wildman–Crippen LogP) is 6.81. The lowest BCUT2D eigenvalue weighted by molar-refractivity contribution is 0.471. The molecule has 4 aromatic rings. The van der Waals surface area contributed by atoms with Crippen molar-refractivity contribution >= 4 is 51.5 Å². The zero-order valence-corrected chi connectivity index (χ0v) is 17.6. The molecule has 0 aliphatic carbocycles. The van der Waals surface area contributed by atoms with Crippen LogP contribution in [0, 0.1) is 6.92 Å². The maximum absolute atomic E-state index is 11.0. The topological polar surface area (TPSA) is 58.0 Å². The summed E-state index contributed by atoms with van der Waals surface area (Å²) >= 11 is 18.5. The lowest BCUT2D eigenvalue weighted by atomic mass is 9.96. The molecule has 146 valence electrons. The van der Waals surface area contributed by atoms with Crippen LogP contribution in [0.4, 0.5) is 5.82 Å². The maximum atomic E-state index is 11.0. The van der Waals surface area contributed by atoms with Crippen molar-refractivity contribution < 1.29 is 5.11 Å². The van der Waals surface area contributed by atoms with E-state index in [0.717, 1.165) is 16.5 Å². The number of aromatic hydroxyl groups is 1. The first-order chi connectivity index (χ1) is 13.9. The fourth-order valence-electron chi connectivity index (χ4n) is 3.18. The van der Waals surface area contributed by atoms with Crippen LogP contribution >= 0.6 is 34.8 Å². The van der Waals surface area contributed by atoms with E-state index in [1.807, 2.05) is 43.3 Å². The van der Waals surface area contributed by atoms with Crippen LogP contribution in [0.1, 0.15) is 22.7 Å². The third kappa shape index (κ3) is 3.97. The van der Waals surface area contributed by atoms with Crippen molar-refractivity contribution in [1.29, 1.82) is 0 Å². The lowest BCUT2D eigenvalue weighted by Gasteiger charge is -2.22. The number of rotatable bonds is 4. The average Bonchev–Trinajstić information content (AvgIpc) is 2.72. The summed E-state index contributed by atoms with van der Waals surface area (Å²) in [7, 11) is 0. The molecule has 1 atom stereocenters. The molecule has 4 nitrogen and oxygen atoms in total. The highest BCUT2D eigenvalue weighted by atomic mass is 35.5. The summed E-state index contributed by atoms with van der Waals surface area (Å²) in [6.45, 7) is 1.90. The van der Waals surface area contributed by atoms with Gasteiger partial charge in [0.15, 0.2) is 0 Å². The monoisotopic (exact) mass is 443 g/mol. The van der Waals surface area contributed by atoms with Gasteiger partial charge >= 0.3 is 0 Å². The van der Waals surface area contributed by atoms with E-state index in [1.54, 1.807) is 24.5 Å². The number of aryl methyl sites for hydroxylation is 1. The molecule has 0 bridgehead atoms. The smallest absolute Gasteiger partial charge is 0.147 e. The number of fused-ring (bicyclic) bond motifs is 1. The van der Waals surface area contributed by atoms with Gasteiger partial charge in [-0.2, -0.15) is 0 Å². The van der Waals surface area contributed by atoms with Crippen LogP contribution in [0.5, 0.6) is 5.75 Å². The molecule has 2 heterocycles. The fraction of sp³-hybridized carbons (Fsp3) is 0.0909. The van der Waals surface area contributed by atoms with E-state index >= 15 is 0 Å². The Hall–Kier alpha value is -2.53. The van der Waals surface area contributed by atoms with Gasteiger partial charge in [0, 0.05) is 23.3 Å². The fourth-order valence-corrected chi connectivity index (χ4v) is 3.59. The first kappa shape index (κ1) is 19.8. The molecule has 2 aromatic heterocycles. The minimum atomic E-state index is -0.441. The maximum Gasteiger partial charge on any atom is 0.147 e. The van der Waals surface area contributed by atoms with Gasteiger partial charge in [-0.05, 0) is 42.3 Å². The number of hydrogen-bond acceptors (Lipinski definition) is 4. The first-order valence-corrected chi connectivity index (χ1v) is 9.97. The Morgan fingerprint density at radius 3 is 2.52 bits per heavy atom. The lowest BCUT2D eigenvalue weighted by Crippen LogP contribution is -2.14. The summed E-state index contributed by atoms with van der Waals surface area (Å²) < 4.78 is 0. The van der Waals surface area contributed by atoms with Crippen LogP contribution in [0.3, 0.4) is 0 Å². The molecule has 7 heteroatoms. The molecule has 0 saturated heterocycles. The Morgan fingerprint density at radius 1 is 0.931 bits per heavy atom. The highest BCUT2D eigenvalue weighted by Gasteiger charge is 2.21. The van der Waals surface area contributed by atoms with Gasteiger partial charge in [-0.25, -0.2) is 4.98 Å². The van der Waals surface area contributed by atoms with Crippen LogP contribution in [0.2, 0.25) is 15.1 Å². The van der Waals surface area contributed by atoms with Crippen molar-refractivity contribution in [3.05, 3.63) is 92.7 Å². The summed E-state index contributed by atoms with van der Waals surface area (Å²) in [5, 5.41) is 16.7. The molecule has 2 aromatic carbocycles. The largest absolute Gasteiger partial charge is 0.505 e. The van der Waals surface area contributed by atoms with Gasteiger partial charge in [0.1, 0.15) is 17.1 Å². The van der Waals surface area contributed by atoms with Crippen LogP contribution in [-0.4, -0.2) is 15.1 Å².